The van der Waals surface area contributed by atoms with E-state index in [2.05, 4.69) is 5.32 Å². The second-order valence-electron chi connectivity index (χ2n) is 5.90. The molecular formula is C16H20N2O4. The minimum Gasteiger partial charge on any atom is -0.486 e. The maximum Gasteiger partial charge on any atom is 0.227 e. The van der Waals surface area contributed by atoms with Crippen molar-refractivity contribution in [3.63, 3.8) is 0 Å². The highest BCUT2D eigenvalue weighted by molar-refractivity contribution is 6.00. The Kier molecular flexibility index (Phi) is 3.92. The molecule has 1 aromatic carbocycles. The van der Waals surface area contributed by atoms with Gasteiger partial charge in [0.15, 0.2) is 11.5 Å². The van der Waals surface area contributed by atoms with Gasteiger partial charge in [0.25, 0.3) is 0 Å². The molecule has 0 radical (unpaired) electrons. The van der Waals surface area contributed by atoms with Crippen LogP contribution in [-0.2, 0) is 9.59 Å². The zero-order valence-electron chi connectivity index (χ0n) is 12.8. The summed E-state index contributed by atoms with van der Waals surface area (Å²) in [5.41, 5.74) is 0.745. The largest absolute Gasteiger partial charge is 0.486 e. The van der Waals surface area contributed by atoms with Gasteiger partial charge in [0.05, 0.1) is 5.92 Å². The number of ether oxygens (including phenoxy) is 2. The SMILES string of the molecule is CC(C)NC(=O)C1CC(=O)N(c2ccc3c(c2)OCCO3)C1. The fraction of sp³-hybridized carbons (Fsp3) is 0.500. The maximum atomic E-state index is 12.2. The van der Waals surface area contributed by atoms with E-state index in [0.29, 0.717) is 31.3 Å². The smallest absolute Gasteiger partial charge is 0.227 e. The first-order valence-electron chi connectivity index (χ1n) is 7.55. The summed E-state index contributed by atoms with van der Waals surface area (Å²) in [4.78, 5) is 25.9. The van der Waals surface area contributed by atoms with E-state index in [0.717, 1.165) is 5.69 Å². The normalized spacial score (nSPS) is 20.4. The molecule has 1 aromatic rings. The van der Waals surface area contributed by atoms with E-state index in [1.165, 1.54) is 0 Å². The van der Waals surface area contributed by atoms with Crippen LogP contribution in [0.5, 0.6) is 11.5 Å². The number of anilines is 1. The van der Waals surface area contributed by atoms with Crippen molar-refractivity contribution in [1.82, 2.24) is 5.32 Å². The van der Waals surface area contributed by atoms with Gasteiger partial charge in [-0.15, -0.1) is 0 Å². The molecule has 0 spiro atoms. The molecule has 1 saturated heterocycles. The highest BCUT2D eigenvalue weighted by Gasteiger charge is 2.35. The lowest BCUT2D eigenvalue weighted by atomic mass is 10.1. The molecule has 6 heteroatoms. The van der Waals surface area contributed by atoms with Gasteiger partial charge in [0.2, 0.25) is 11.8 Å². The Bertz CT molecular complexity index is 600. The number of amides is 2. The van der Waals surface area contributed by atoms with E-state index in [4.69, 9.17) is 9.47 Å². The summed E-state index contributed by atoms with van der Waals surface area (Å²) in [7, 11) is 0. The van der Waals surface area contributed by atoms with E-state index in [-0.39, 0.29) is 30.2 Å². The molecule has 0 aromatic heterocycles. The molecule has 0 bridgehead atoms. The number of hydrogen-bond acceptors (Lipinski definition) is 4. The van der Waals surface area contributed by atoms with Crippen LogP contribution in [0.25, 0.3) is 0 Å². The Labute approximate surface area is 129 Å². The number of nitrogens with one attached hydrogen (secondary N) is 1. The lowest BCUT2D eigenvalue weighted by molar-refractivity contribution is -0.126. The maximum absolute atomic E-state index is 12.2. The third-order valence-corrected chi connectivity index (χ3v) is 3.76. The number of benzene rings is 1. The number of hydrogen-bond donors (Lipinski definition) is 1. The molecular weight excluding hydrogens is 284 g/mol. The second kappa shape index (κ2) is 5.87. The molecule has 118 valence electrons. The number of carbonyl (C=O) groups is 2. The highest BCUT2D eigenvalue weighted by Crippen LogP contribution is 2.35. The minimum absolute atomic E-state index is 0.0411. The summed E-state index contributed by atoms with van der Waals surface area (Å²) < 4.78 is 11.0. The molecule has 0 aliphatic carbocycles. The zero-order valence-corrected chi connectivity index (χ0v) is 12.8. The van der Waals surface area contributed by atoms with Crippen LogP contribution in [0.2, 0.25) is 0 Å². The Morgan fingerprint density at radius 1 is 1.27 bits per heavy atom. The monoisotopic (exact) mass is 304 g/mol. The Morgan fingerprint density at radius 3 is 2.73 bits per heavy atom. The molecule has 1 atom stereocenters. The summed E-state index contributed by atoms with van der Waals surface area (Å²) in [5.74, 6) is 0.925. The fourth-order valence-corrected chi connectivity index (χ4v) is 2.74. The van der Waals surface area contributed by atoms with Crippen molar-refractivity contribution >= 4 is 17.5 Å². The predicted molar refractivity (Wildman–Crippen MR) is 81.2 cm³/mol. The highest BCUT2D eigenvalue weighted by atomic mass is 16.6. The first kappa shape index (κ1) is 14.7. The summed E-state index contributed by atoms with van der Waals surface area (Å²) in [6.07, 6.45) is 0.243. The molecule has 1 N–H and O–H groups in total. The van der Waals surface area contributed by atoms with Crippen molar-refractivity contribution in [3.05, 3.63) is 18.2 Å². The Hall–Kier alpha value is -2.24. The van der Waals surface area contributed by atoms with Crippen molar-refractivity contribution in [3.8, 4) is 11.5 Å². The molecule has 6 nitrogen and oxygen atoms in total. The van der Waals surface area contributed by atoms with Crippen molar-refractivity contribution in [2.24, 2.45) is 5.92 Å². The van der Waals surface area contributed by atoms with Crippen LogP contribution in [-0.4, -0.2) is 37.6 Å². The summed E-state index contributed by atoms with van der Waals surface area (Å²) >= 11 is 0. The van der Waals surface area contributed by atoms with E-state index >= 15 is 0 Å². The van der Waals surface area contributed by atoms with Crippen LogP contribution in [0, 0.1) is 5.92 Å². The fourth-order valence-electron chi connectivity index (χ4n) is 2.74. The van der Waals surface area contributed by atoms with Gasteiger partial charge in [0, 0.05) is 30.8 Å². The van der Waals surface area contributed by atoms with Gasteiger partial charge >= 0.3 is 0 Å². The molecule has 0 saturated carbocycles. The standard InChI is InChI=1S/C16H20N2O4/c1-10(2)17-16(20)11-7-15(19)18(9-11)12-3-4-13-14(8-12)22-6-5-21-13/h3-4,8,10-11H,5-7,9H2,1-2H3,(H,17,20). The average Bonchev–Trinajstić information content (AvgIpc) is 2.88. The lowest BCUT2D eigenvalue weighted by Gasteiger charge is -2.22. The van der Waals surface area contributed by atoms with E-state index in [1.807, 2.05) is 19.9 Å². The number of rotatable bonds is 3. The van der Waals surface area contributed by atoms with E-state index < -0.39 is 0 Å². The third-order valence-electron chi connectivity index (χ3n) is 3.76. The van der Waals surface area contributed by atoms with Gasteiger partial charge in [-0.2, -0.15) is 0 Å². The van der Waals surface area contributed by atoms with E-state index in [9.17, 15) is 9.59 Å². The second-order valence-corrected chi connectivity index (χ2v) is 5.90. The molecule has 2 heterocycles. The molecule has 3 rings (SSSR count). The Balaban J connectivity index is 1.75. The van der Waals surface area contributed by atoms with Crippen LogP contribution in [0.1, 0.15) is 20.3 Å². The molecule has 2 aliphatic heterocycles. The van der Waals surface area contributed by atoms with Crippen molar-refractivity contribution in [2.45, 2.75) is 26.3 Å². The summed E-state index contributed by atoms with van der Waals surface area (Å²) in [5, 5.41) is 2.86. The summed E-state index contributed by atoms with van der Waals surface area (Å²) in [6, 6.07) is 5.51. The van der Waals surface area contributed by atoms with Crippen LogP contribution >= 0.6 is 0 Å². The van der Waals surface area contributed by atoms with Crippen LogP contribution < -0.4 is 19.7 Å². The first-order chi connectivity index (χ1) is 10.5. The lowest BCUT2D eigenvalue weighted by Crippen LogP contribution is -2.36. The third kappa shape index (κ3) is 2.86. The van der Waals surface area contributed by atoms with Gasteiger partial charge in [-0.3, -0.25) is 9.59 Å². The quantitative estimate of drug-likeness (QED) is 0.915. The number of nitrogens with zero attached hydrogens (tertiary/aromatic N) is 1. The summed E-state index contributed by atoms with van der Waals surface area (Å²) in [6.45, 7) is 5.26. The minimum atomic E-state index is -0.303. The first-order valence-corrected chi connectivity index (χ1v) is 7.55. The Morgan fingerprint density at radius 2 is 2.00 bits per heavy atom. The molecule has 2 amide bonds. The van der Waals surface area contributed by atoms with Gasteiger partial charge in [0.1, 0.15) is 13.2 Å². The molecule has 22 heavy (non-hydrogen) atoms. The molecule has 1 fully saturated rings. The molecule has 1 unspecified atom stereocenters. The van der Waals surface area contributed by atoms with Gasteiger partial charge in [-0.25, -0.2) is 0 Å². The van der Waals surface area contributed by atoms with Crippen molar-refractivity contribution < 1.29 is 19.1 Å². The van der Waals surface area contributed by atoms with Gasteiger partial charge in [-0.05, 0) is 26.0 Å². The van der Waals surface area contributed by atoms with Gasteiger partial charge in [-0.1, -0.05) is 0 Å². The topological polar surface area (TPSA) is 67.9 Å². The number of carbonyl (C=O) groups excluding carboxylic acids is 2. The van der Waals surface area contributed by atoms with E-state index in [1.54, 1.807) is 17.0 Å². The van der Waals surface area contributed by atoms with Crippen LogP contribution in [0.15, 0.2) is 18.2 Å². The van der Waals surface area contributed by atoms with Crippen LogP contribution in [0.3, 0.4) is 0 Å². The van der Waals surface area contributed by atoms with Crippen molar-refractivity contribution in [2.75, 3.05) is 24.7 Å². The average molecular weight is 304 g/mol. The van der Waals surface area contributed by atoms with Crippen molar-refractivity contribution in [1.29, 1.82) is 0 Å². The number of fused-ring (bicyclic) bond motifs is 1. The molecule has 2 aliphatic rings. The van der Waals surface area contributed by atoms with Crippen LogP contribution in [0.4, 0.5) is 5.69 Å². The predicted octanol–water partition coefficient (Wildman–Crippen LogP) is 1.34. The van der Waals surface area contributed by atoms with Gasteiger partial charge < -0.3 is 19.7 Å². The zero-order chi connectivity index (χ0) is 15.7.